The molecule has 0 aromatic carbocycles. The highest BCUT2D eigenvalue weighted by Crippen LogP contribution is 2.27. The van der Waals surface area contributed by atoms with Gasteiger partial charge in [-0.05, 0) is 19.8 Å². The molecule has 1 atom stereocenters. The summed E-state index contributed by atoms with van der Waals surface area (Å²) in [5.74, 6) is -0.757. The summed E-state index contributed by atoms with van der Waals surface area (Å²) in [6.07, 6.45) is 4.18. The summed E-state index contributed by atoms with van der Waals surface area (Å²) in [6, 6.07) is -0.608. The van der Waals surface area contributed by atoms with Gasteiger partial charge >= 0.3 is 0 Å². The number of rotatable bonds is 3. The van der Waals surface area contributed by atoms with Crippen LogP contribution in [-0.2, 0) is 9.59 Å². The average Bonchev–Trinajstić information content (AvgIpc) is 2.18. The van der Waals surface area contributed by atoms with Gasteiger partial charge in [0.05, 0.1) is 6.04 Å². The Balaban J connectivity index is 0.00000225. The number of carbonyl (C=O) groups excluding carboxylic acids is 2. The van der Waals surface area contributed by atoms with E-state index in [0.717, 1.165) is 19.3 Å². The van der Waals surface area contributed by atoms with Crippen molar-refractivity contribution in [1.29, 1.82) is 0 Å². The lowest BCUT2D eigenvalue weighted by atomic mass is 9.81. The summed E-state index contributed by atoms with van der Waals surface area (Å²) in [5, 5.41) is 2.69. The number of nitrogens with two attached hydrogens (primary N) is 2. The first-order valence-electron chi connectivity index (χ1n) is 5.35. The van der Waals surface area contributed by atoms with Crippen molar-refractivity contribution in [1.82, 2.24) is 5.32 Å². The SMILES string of the molecule is CC(N)C(=O)NC1(C(N)=O)CCCCC1.Cl. The smallest absolute Gasteiger partial charge is 0.243 e. The van der Waals surface area contributed by atoms with Gasteiger partial charge in [-0.15, -0.1) is 12.4 Å². The molecule has 1 rings (SSSR count). The molecule has 6 heteroatoms. The molecule has 16 heavy (non-hydrogen) atoms. The van der Waals surface area contributed by atoms with Crippen LogP contribution in [-0.4, -0.2) is 23.4 Å². The minimum Gasteiger partial charge on any atom is -0.368 e. The maximum atomic E-state index is 11.5. The Morgan fingerprint density at radius 2 is 1.75 bits per heavy atom. The minimum atomic E-state index is -0.858. The van der Waals surface area contributed by atoms with E-state index >= 15 is 0 Å². The molecule has 0 saturated heterocycles. The topological polar surface area (TPSA) is 98.2 Å². The highest BCUT2D eigenvalue weighted by atomic mass is 35.5. The second kappa shape index (κ2) is 6.06. The molecule has 0 bridgehead atoms. The molecule has 5 N–H and O–H groups in total. The van der Waals surface area contributed by atoms with E-state index in [2.05, 4.69) is 5.32 Å². The second-order valence-electron chi connectivity index (χ2n) is 4.28. The Hall–Kier alpha value is -0.810. The fourth-order valence-corrected chi connectivity index (χ4v) is 1.94. The fourth-order valence-electron chi connectivity index (χ4n) is 1.94. The predicted octanol–water partition coefficient (Wildman–Crippen LogP) is 0.0598. The third-order valence-electron chi connectivity index (χ3n) is 2.95. The summed E-state index contributed by atoms with van der Waals surface area (Å²) < 4.78 is 0. The maximum Gasteiger partial charge on any atom is 0.243 e. The Morgan fingerprint density at radius 3 is 2.12 bits per heavy atom. The first-order chi connectivity index (χ1) is 6.98. The van der Waals surface area contributed by atoms with Gasteiger partial charge in [-0.3, -0.25) is 9.59 Å². The quantitative estimate of drug-likeness (QED) is 0.660. The molecular formula is C10H20ClN3O2. The van der Waals surface area contributed by atoms with Crippen LogP contribution in [0.5, 0.6) is 0 Å². The van der Waals surface area contributed by atoms with Crippen molar-refractivity contribution in [3.05, 3.63) is 0 Å². The largest absolute Gasteiger partial charge is 0.368 e. The third-order valence-corrected chi connectivity index (χ3v) is 2.95. The number of hydrogen-bond acceptors (Lipinski definition) is 3. The molecule has 94 valence electrons. The van der Waals surface area contributed by atoms with E-state index in [0.29, 0.717) is 12.8 Å². The zero-order valence-corrected chi connectivity index (χ0v) is 10.3. The van der Waals surface area contributed by atoms with Gasteiger partial charge in [0.2, 0.25) is 11.8 Å². The van der Waals surface area contributed by atoms with Crippen molar-refractivity contribution in [3.63, 3.8) is 0 Å². The summed E-state index contributed by atoms with van der Waals surface area (Å²) in [5.41, 5.74) is 9.95. The first kappa shape index (κ1) is 15.2. The number of nitrogens with one attached hydrogen (secondary N) is 1. The lowest BCUT2D eigenvalue weighted by Gasteiger charge is -2.35. The van der Waals surface area contributed by atoms with Crippen LogP contribution in [0.3, 0.4) is 0 Å². The summed E-state index contributed by atoms with van der Waals surface area (Å²) in [4.78, 5) is 22.9. The van der Waals surface area contributed by atoms with E-state index in [-0.39, 0.29) is 18.3 Å². The standard InChI is InChI=1S/C10H19N3O2.ClH/c1-7(11)8(14)13-10(9(12)15)5-3-2-4-6-10;/h7H,2-6,11H2,1H3,(H2,12,15)(H,13,14);1H. The maximum absolute atomic E-state index is 11.5. The lowest BCUT2D eigenvalue weighted by Crippen LogP contribution is -2.60. The average molecular weight is 250 g/mol. The van der Waals surface area contributed by atoms with Crippen molar-refractivity contribution < 1.29 is 9.59 Å². The zero-order valence-electron chi connectivity index (χ0n) is 9.49. The van der Waals surface area contributed by atoms with E-state index in [1.54, 1.807) is 6.92 Å². The lowest BCUT2D eigenvalue weighted by molar-refractivity contribution is -0.133. The molecule has 2 amide bonds. The molecule has 0 heterocycles. The molecule has 1 fully saturated rings. The summed E-state index contributed by atoms with van der Waals surface area (Å²) in [6.45, 7) is 1.59. The number of primary amides is 1. The first-order valence-corrected chi connectivity index (χ1v) is 5.35. The van der Waals surface area contributed by atoms with Gasteiger partial charge in [-0.1, -0.05) is 19.3 Å². The molecule has 0 spiro atoms. The molecule has 0 aromatic heterocycles. The van der Waals surface area contributed by atoms with Crippen LogP contribution in [0.4, 0.5) is 0 Å². The summed E-state index contributed by atoms with van der Waals surface area (Å²) in [7, 11) is 0. The zero-order chi connectivity index (χ0) is 11.5. The summed E-state index contributed by atoms with van der Waals surface area (Å²) >= 11 is 0. The number of amides is 2. The molecule has 1 saturated carbocycles. The number of carbonyl (C=O) groups is 2. The van der Waals surface area contributed by atoms with Crippen molar-refractivity contribution in [2.24, 2.45) is 11.5 Å². The number of hydrogen-bond donors (Lipinski definition) is 3. The molecule has 0 aliphatic heterocycles. The van der Waals surface area contributed by atoms with Gasteiger partial charge in [-0.25, -0.2) is 0 Å². The molecule has 0 aromatic rings. The number of halogens is 1. The molecule has 1 aliphatic carbocycles. The van der Waals surface area contributed by atoms with E-state index in [1.165, 1.54) is 0 Å². The van der Waals surface area contributed by atoms with Crippen LogP contribution in [0.25, 0.3) is 0 Å². The molecular weight excluding hydrogens is 230 g/mol. The Morgan fingerprint density at radius 1 is 1.25 bits per heavy atom. The normalized spacial score (nSPS) is 20.4. The van der Waals surface area contributed by atoms with Gasteiger partial charge in [0, 0.05) is 0 Å². The predicted molar refractivity (Wildman–Crippen MR) is 64.1 cm³/mol. The van der Waals surface area contributed by atoms with E-state index < -0.39 is 17.5 Å². The van der Waals surface area contributed by atoms with Gasteiger partial charge in [-0.2, -0.15) is 0 Å². The molecule has 5 nitrogen and oxygen atoms in total. The highest BCUT2D eigenvalue weighted by molar-refractivity contribution is 5.92. The van der Waals surface area contributed by atoms with E-state index in [4.69, 9.17) is 11.5 Å². The molecule has 1 aliphatic rings. The van der Waals surface area contributed by atoms with Crippen LogP contribution >= 0.6 is 12.4 Å². The Bertz CT molecular complexity index is 263. The van der Waals surface area contributed by atoms with Crippen molar-refractivity contribution >= 4 is 24.2 Å². The monoisotopic (exact) mass is 249 g/mol. The van der Waals surface area contributed by atoms with Gasteiger partial charge in [0.15, 0.2) is 0 Å². The van der Waals surface area contributed by atoms with Crippen LogP contribution in [0.2, 0.25) is 0 Å². The minimum absolute atomic E-state index is 0. The van der Waals surface area contributed by atoms with Crippen LogP contribution in [0.15, 0.2) is 0 Å². The van der Waals surface area contributed by atoms with Crippen molar-refractivity contribution in [2.45, 2.75) is 50.6 Å². The van der Waals surface area contributed by atoms with Crippen molar-refractivity contribution in [2.75, 3.05) is 0 Å². The van der Waals surface area contributed by atoms with Gasteiger partial charge in [0.1, 0.15) is 5.54 Å². The van der Waals surface area contributed by atoms with E-state index in [9.17, 15) is 9.59 Å². The third kappa shape index (κ3) is 3.35. The molecule has 0 radical (unpaired) electrons. The van der Waals surface area contributed by atoms with Crippen LogP contribution < -0.4 is 16.8 Å². The second-order valence-corrected chi connectivity index (χ2v) is 4.28. The Labute approximate surface area is 102 Å². The van der Waals surface area contributed by atoms with Crippen LogP contribution in [0, 0.1) is 0 Å². The molecule has 1 unspecified atom stereocenters. The van der Waals surface area contributed by atoms with E-state index in [1.807, 2.05) is 0 Å². The van der Waals surface area contributed by atoms with Gasteiger partial charge in [0.25, 0.3) is 0 Å². The Kier molecular flexibility index (Phi) is 5.75. The highest BCUT2D eigenvalue weighted by Gasteiger charge is 2.39. The van der Waals surface area contributed by atoms with Gasteiger partial charge < -0.3 is 16.8 Å². The van der Waals surface area contributed by atoms with Crippen molar-refractivity contribution in [3.8, 4) is 0 Å². The van der Waals surface area contributed by atoms with Crippen LogP contribution in [0.1, 0.15) is 39.0 Å². The fraction of sp³-hybridized carbons (Fsp3) is 0.800.